The number of hydrogen-bond donors (Lipinski definition) is 0. The zero-order valence-corrected chi connectivity index (χ0v) is 12.5. The minimum absolute atomic E-state index is 0. The second kappa shape index (κ2) is 5.59. The van der Waals surface area contributed by atoms with E-state index in [0.29, 0.717) is 4.47 Å². The molecule has 1 rings (SSSR count). The standard InChI is InChI=1S/C7H5BrO2.Rb/c8-5-2-1-3-6(9)7(10)4-5;/h1-4H,(H,9,10);/q;+1/p-1. The molecule has 0 aromatic heterocycles. The van der Waals surface area contributed by atoms with Crippen molar-refractivity contribution >= 4 is 15.9 Å². The average Bonchev–Trinajstić information content (AvgIpc) is 1.96. The van der Waals surface area contributed by atoms with Gasteiger partial charge in [0, 0.05) is 4.47 Å². The Morgan fingerprint density at radius 1 is 1.36 bits per heavy atom. The molecular formula is C7H4BrO2Rb. The molecule has 0 bridgehead atoms. The van der Waals surface area contributed by atoms with E-state index < -0.39 is 11.2 Å². The molecule has 0 heterocycles. The van der Waals surface area contributed by atoms with E-state index in [4.69, 9.17) is 0 Å². The van der Waals surface area contributed by atoms with Gasteiger partial charge in [-0.05, 0) is 12.1 Å². The first-order chi connectivity index (χ1) is 4.70. The van der Waals surface area contributed by atoms with Crippen LogP contribution in [0.1, 0.15) is 0 Å². The molecule has 0 amide bonds. The molecule has 0 N–H and O–H groups in total. The fourth-order valence-electron chi connectivity index (χ4n) is 0.554. The van der Waals surface area contributed by atoms with Crippen LogP contribution in [0.25, 0.3) is 0 Å². The largest absolute Gasteiger partial charge is 1.00 e. The molecule has 0 unspecified atom stereocenters. The maximum atomic E-state index is 10.7. The van der Waals surface area contributed by atoms with Crippen LogP contribution in [-0.4, -0.2) is 0 Å². The van der Waals surface area contributed by atoms with Crippen molar-refractivity contribution in [3.8, 4) is 5.75 Å². The fraction of sp³-hybridized carbons (Fsp3) is 0. The summed E-state index contributed by atoms with van der Waals surface area (Å²) in [5.74, 6) is -0.489. The van der Waals surface area contributed by atoms with E-state index in [-0.39, 0.29) is 58.2 Å². The van der Waals surface area contributed by atoms with Gasteiger partial charge in [-0.15, -0.1) is 0 Å². The molecule has 0 saturated carbocycles. The summed E-state index contributed by atoms with van der Waals surface area (Å²) in [5.41, 5.74) is -0.481. The Morgan fingerprint density at radius 3 is 2.64 bits per heavy atom. The van der Waals surface area contributed by atoms with Crippen LogP contribution in [0.3, 0.4) is 0 Å². The van der Waals surface area contributed by atoms with Crippen LogP contribution < -0.4 is 68.7 Å². The molecule has 0 radical (unpaired) electrons. The van der Waals surface area contributed by atoms with Crippen molar-refractivity contribution in [3.05, 3.63) is 39.0 Å². The molecular weight excluding hydrogens is 281 g/mol. The SMILES string of the molecule is O=c1cccc(Br)cc1[O-].[Rb+]. The molecule has 0 spiro atoms. The number of halogens is 1. The van der Waals surface area contributed by atoms with Crippen LogP contribution in [-0.2, 0) is 0 Å². The van der Waals surface area contributed by atoms with E-state index in [1.54, 1.807) is 6.07 Å². The van der Waals surface area contributed by atoms with Gasteiger partial charge in [-0.25, -0.2) is 0 Å². The smallest absolute Gasteiger partial charge is 0.870 e. The Labute approximate surface area is 122 Å². The third-order valence-electron chi connectivity index (χ3n) is 1.01. The third-order valence-corrected chi connectivity index (χ3v) is 1.51. The molecule has 1 aromatic rings. The summed E-state index contributed by atoms with van der Waals surface area (Å²) in [6.45, 7) is 0. The summed E-state index contributed by atoms with van der Waals surface area (Å²) in [7, 11) is 0. The predicted octanol–water partition coefficient (Wildman–Crippen LogP) is -2.11. The summed E-state index contributed by atoms with van der Waals surface area (Å²) in [5, 5.41) is 10.7. The maximum absolute atomic E-state index is 10.7. The Hall–Kier alpha value is 0.975. The van der Waals surface area contributed by atoms with Crippen LogP contribution in [0.4, 0.5) is 0 Å². The molecule has 4 heteroatoms. The summed E-state index contributed by atoms with van der Waals surface area (Å²) in [4.78, 5) is 10.6. The second-order valence-corrected chi connectivity index (χ2v) is 2.70. The first kappa shape index (κ1) is 12.0. The van der Waals surface area contributed by atoms with E-state index in [9.17, 15) is 9.90 Å². The van der Waals surface area contributed by atoms with Gasteiger partial charge in [0.2, 0.25) is 0 Å². The molecule has 1 aromatic carbocycles. The van der Waals surface area contributed by atoms with Crippen molar-refractivity contribution in [2.75, 3.05) is 0 Å². The number of hydrogen-bond acceptors (Lipinski definition) is 2. The Kier molecular flexibility index (Phi) is 6.09. The van der Waals surface area contributed by atoms with Crippen molar-refractivity contribution in [1.82, 2.24) is 0 Å². The van der Waals surface area contributed by atoms with Crippen LogP contribution >= 0.6 is 15.9 Å². The third kappa shape index (κ3) is 3.94. The second-order valence-electron chi connectivity index (χ2n) is 1.78. The van der Waals surface area contributed by atoms with Crippen LogP contribution in [0.2, 0.25) is 0 Å². The van der Waals surface area contributed by atoms with E-state index in [0.717, 1.165) is 0 Å². The molecule has 52 valence electrons. The van der Waals surface area contributed by atoms with Crippen molar-refractivity contribution < 1.29 is 63.3 Å². The number of rotatable bonds is 0. The zero-order valence-electron chi connectivity index (χ0n) is 6.00. The predicted molar refractivity (Wildman–Crippen MR) is 39.9 cm³/mol. The maximum Gasteiger partial charge on any atom is 1.00 e. The molecule has 0 saturated heterocycles. The molecule has 0 aliphatic carbocycles. The minimum Gasteiger partial charge on any atom is -0.870 e. The van der Waals surface area contributed by atoms with Crippen molar-refractivity contribution in [1.29, 1.82) is 0 Å². The Morgan fingerprint density at radius 2 is 2.00 bits per heavy atom. The summed E-state index contributed by atoms with van der Waals surface area (Å²) < 4.78 is 0.625. The van der Waals surface area contributed by atoms with Gasteiger partial charge in [-0.3, -0.25) is 4.79 Å². The van der Waals surface area contributed by atoms with Gasteiger partial charge in [0.15, 0.2) is 5.43 Å². The van der Waals surface area contributed by atoms with Crippen LogP contribution in [0, 0.1) is 0 Å². The summed E-state index contributed by atoms with van der Waals surface area (Å²) in [6.07, 6.45) is 0. The first-order valence-corrected chi connectivity index (χ1v) is 3.46. The van der Waals surface area contributed by atoms with Crippen LogP contribution in [0.5, 0.6) is 5.75 Å². The van der Waals surface area contributed by atoms with Gasteiger partial charge in [0.1, 0.15) is 0 Å². The van der Waals surface area contributed by atoms with Crippen molar-refractivity contribution in [2.24, 2.45) is 0 Å². The fourth-order valence-corrected chi connectivity index (χ4v) is 0.915. The summed E-state index contributed by atoms with van der Waals surface area (Å²) in [6, 6.07) is 5.67. The van der Waals surface area contributed by atoms with Crippen molar-refractivity contribution in [3.63, 3.8) is 0 Å². The van der Waals surface area contributed by atoms with Gasteiger partial charge in [-0.1, -0.05) is 33.8 Å². The van der Waals surface area contributed by atoms with Crippen LogP contribution in [0.15, 0.2) is 33.5 Å². The van der Waals surface area contributed by atoms with Gasteiger partial charge in [0.25, 0.3) is 0 Å². The Bertz CT molecular complexity index is 301. The molecule has 2 nitrogen and oxygen atoms in total. The average molecular weight is 285 g/mol. The Balaban J connectivity index is 0.000001000. The molecule has 0 aliphatic heterocycles. The van der Waals surface area contributed by atoms with Gasteiger partial charge >= 0.3 is 58.2 Å². The quantitative estimate of drug-likeness (QED) is 0.547. The molecule has 0 aliphatic rings. The van der Waals surface area contributed by atoms with E-state index in [1.165, 1.54) is 18.2 Å². The van der Waals surface area contributed by atoms with E-state index in [1.807, 2.05) is 0 Å². The molecule has 0 fully saturated rings. The topological polar surface area (TPSA) is 40.1 Å². The van der Waals surface area contributed by atoms with E-state index >= 15 is 0 Å². The monoisotopic (exact) mass is 284 g/mol. The first-order valence-electron chi connectivity index (χ1n) is 2.67. The van der Waals surface area contributed by atoms with Crippen molar-refractivity contribution in [2.45, 2.75) is 0 Å². The van der Waals surface area contributed by atoms with E-state index in [2.05, 4.69) is 15.9 Å². The zero-order chi connectivity index (χ0) is 7.56. The molecule has 11 heavy (non-hydrogen) atoms. The summed E-state index contributed by atoms with van der Waals surface area (Å²) >= 11 is 3.09. The minimum atomic E-state index is -0.489. The van der Waals surface area contributed by atoms with Gasteiger partial charge in [0.05, 0.1) is 0 Å². The normalized spacial score (nSPS) is 8.45. The van der Waals surface area contributed by atoms with Gasteiger partial charge in [-0.2, -0.15) is 0 Å². The van der Waals surface area contributed by atoms with Gasteiger partial charge < -0.3 is 5.11 Å². The molecule has 0 atom stereocenters.